The van der Waals surface area contributed by atoms with E-state index in [0.29, 0.717) is 0 Å². The van der Waals surface area contributed by atoms with E-state index in [2.05, 4.69) is 299 Å². The summed E-state index contributed by atoms with van der Waals surface area (Å²) < 4.78 is 4.98. The molecule has 0 N–H and O–H groups in total. The standard InChI is InChI=1S/C71H74BN5/c1-67(2,3)46-31-29-45(30-32-46)65-73-64-66(77(65)51-23-17-16-18-24-51)76(53-40-49(70(10,11)12)39-50(41-53)71(13,14)15)62-44-54(75-58-27-21-19-25-55(58)56-26-20-22-28-59(56)75)43-61-63(62)72(64)57-42-48(69(7,8)9)35-38-60(57)74(61)52-36-33-47(34-37-52)68(4,5)6/h16-44H,1-15H3. The molecule has 77 heavy (non-hydrogen) atoms. The predicted octanol–water partition coefficient (Wildman–Crippen LogP) is 17.2. The van der Waals surface area contributed by atoms with Crippen LogP contribution in [0.4, 0.5) is 34.3 Å². The van der Waals surface area contributed by atoms with Crippen LogP contribution in [0.15, 0.2) is 176 Å². The van der Waals surface area contributed by atoms with Gasteiger partial charge in [-0.05, 0) is 133 Å². The second-order valence-corrected chi connectivity index (χ2v) is 27.1. The molecule has 2 aliphatic rings. The van der Waals surface area contributed by atoms with Gasteiger partial charge in [0.1, 0.15) is 11.6 Å². The Labute approximate surface area is 458 Å². The third-order valence-electron chi connectivity index (χ3n) is 16.5. The van der Waals surface area contributed by atoms with Gasteiger partial charge in [-0.1, -0.05) is 213 Å². The zero-order valence-electron chi connectivity index (χ0n) is 48.1. The normalized spacial score (nSPS) is 13.8. The Morgan fingerprint density at radius 2 is 0.831 bits per heavy atom. The Morgan fingerprint density at radius 1 is 0.351 bits per heavy atom. The van der Waals surface area contributed by atoms with Crippen LogP contribution in [0.5, 0.6) is 0 Å². The number of rotatable bonds is 5. The molecule has 0 atom stereocenters. The Bertz CT molecular complexity index is 3850. The summed E-state index contributed by atoms with van der Waals surface area (Å²) in [6, 6.07) is 67.0. The van der Waals surface area contributed by atoms with Gasteiger partial charge in [-0.2, -0.15) is 0 Å². The Hall–Kier alpha value is -7.57. The van der Waals surface area contributed by atoms with Crippen molar-refractivity contribution >= 4 is 79.3 Å². The lowest BCUT2D eigenvalue weighted by Crippen LogP contribution is -2.62. The van der Waals surface area contributed by atoms with E-state index in [-0.39, 0.29) is 33.8 Å². The van der Waals surface area contributed by atoms with Crippen LogP contribution in [0.25, 0.3) is 44.6 Å². The molecule has 0 unspecified atom stereocenters. The zero-order chi connectivity index (χ0) is 54.3. The molecule has 5 nitrogen and oxygen atoms in total. The van der Waals surface area contributed by atoms with Crippen molar-refractivity contribution in [3.63, 3.8) is 0 Å². The lowest BCUT2D eigenvalue weighted by atomic mass is 9.35. The van der Waals surface area contributed by atoms with Crippen LogP contribution in [0, 0.1) is 0 Å². The van der Waals surface area contributed by atoms with Crippen molar-refractivity contribution in [2.24, 2.45) is 0 Å². The maximum atomic E-state index is 6.11. The fourth-order valence-corrected chi connectivity index (χ4v) is 12.0. The molecule has 2 aromatic heterocycles. The third kappa shape index (κ3) is 8.42. The summed E-state index contributed by atoms with van der Waals surface area (Å²) in [5.74, 6) is 1.97. The fraction of sp³-hybridized carbons (Fsp3) is 0.282. The summed E-state index contributed by atoms with van der Waals surface area (Å²) in [5.41, 5.74) is 20.9. The smallest absolute Gasteiger partial charge is 0.277 e. The number of nitrogens with zero attached hydrogens (tertiary/aromatic N) is 5. The molecule has 10 aromatic rings. The topological polar surface area (TPSA) is 29.2 Å². The van der Waals surface area contributed by atoms with E-state index in [1.807, 2.05) is 0 Å². The van der Waals surface area contributed by atoms with E-state index >= 15 is 0 Å². The minimum Gasteiger partial charge on any atom is -0.311 e. The van der Waals surface area contributed by atoms with Crippen LogP contribution in [0.3, 0.4) is 0 Å². The van der Waals surface area contributed by atoms with E-state index in [9.17, 15) is 0 Å². The number of para-hydroxylation sites is 3. The Morgan fingerprint density at radius 3 is 1.36 bits per heavy atom. The van der Waals surface area contributed by atoms with Crippen molar-refractivity contribution in [1.82, 2.24) is 14.1 Å². The van der Waals surface area contributed by atoms with Gasteiger partial charge < -0.3 is 9.47 Å². The SMILES string of the molecule is CC(C)(C)c1ccc(-c2nc3c(n2-c2ccccc2)N(c2cc(C(C)(C)C)cc(C(C)(C)C)c2)c2cc(-n4c5ccccc5c5ccccc54)cc4c2B3c2cc(C(C)(C)C)ccc2N4c2ccc(C(C)(C)C)cc2)cc1. The van der Waals surface area contributed by atoms with Gasteiger partial charge in [-0.15, -0.1) is 0 Å². The average Bonchev–Trinajstić information content (AvgIpc) is 4.21. The van der Waals surface area contributed by atoms with Gasteiger partial charge in [0.25, 0.3) is 6.71 Å². The first-order valence-electron chi connectivity index (χ1n) is 27.8. The molecule has 0 radical (unpaired) electrons. The summed E-state index contributed by atoms with van der Waals surface area (Å²) in [6.07, 6.45) is 0. The average molecular weight is 1010 g/mol. The van der Waals surface area contributed by atoms with Crippen molar-refractivity contribution in [3.05, 3.63) is 204 Å². The highest BCUT2D eigenvalue weighted by molar-refractivity contribution is 7.00. The first kappa shape index (κ1) is 50.3. The molecule has 0 bridgehead atoms. The molecule has 0 saturated carbocycles. The van der Waals surface area contributed by atoms with Gasteiger partial charge in [-0.3, -0.25) is 9.47 Å². The molecule has 2 aliphatic heterocycles. The van der Waals surface area contributed by atoms with Gasteiger partial charge in [-0.25, -0.2) is 4.98 Å². The van der Waals surface area contributed by atoms with Crippen molar-refractivity contribution in [2.75, 3.05) is 9.80 Å². The third-order valence-corrected chi connectivity index (χ3v) is 16.5. The summed E-state index contributed by atoms with van der Waals surface area (Å²) in [5, 5.41) is 2.47. The highest BCUT2D eigenvalue weighted by Crippen LogP contribution is 2.49. The molecule has 0 spiro atoms. The van der Waals surface area contributed by atoms with Gasteiger partial charge in [0, 0.05) is 50.5 Å². The van der Waals surface area contributed by atoms with E-state index in [0.717, 1.165) is 56.9 Å². The van der Waals surface area contributed by atoms with Crippen molar-refractivity contribution in [2.45, 2.75) is 131 Å². The minimum absolute atomic E-state index is 0.00607. The summed E-state index contributed by atoms with van der Waals surface area (Å²) >= 11 is 0. The second kappa shape index (κ2) is 17.5. The van der Waals surface area contributed by atoms with Gasteiger partial charge >= 0.3 is 0 Å². The number of anilines is 6. The largest absolute Gasteiger partial charge is 0.311 e. The van der Waals surface area contributed by atoms with Crippen LogP contribution in [0.2, 0.25) is 0 Å². The van der Waals surface area contributed by atoms with Crippen molar-refractivity contribution in [3.8, 4) is 22.8 Å². The summed E-state index contributed by atoms with van der Waals surface area (Å²) in [6.45, 7) is 34.6. The van der Waals surface area contributed by atoms with E-state index in [1.165, 1.54) is 66.2 Å². The Kier molecular flexibility index (Phi) is 11.4. The van der Waals surface area contributed by atoms with Crippen molar-refractivity contribution in [1.29, 1.82) is 0 Å². The number of hydrogen-bond donors (Lipinski definition) is 0. The summed E-state index contributed by atoms with van der Waals surface area (Å²) in [7, 11) is 0. The first-order valence-corrected chi connectivity index (χ1v) is 27.8. The van der Waals surface area contributed by atoms with Crippen molar-refractivity contribution < 1.29 is 0 Å². The number of fused-ring (bicyclic) bond motifs is 7. The van der Waals surface area contributed by atoms with Gasteiger partial charge in [0.15, 0.2) is 0 Å². The highest BCUT2D eigenvalue weighted by atomic mass is 15.3. The zero-order valence-corrected chi connectivity index (χ0v) is 48.1. The lowest BCUT2D eigenvalue weighted by Gasteiger charge is -2.44. The molecule has 4 heterocycles. The van der Waals surface area contributed by atoms with Gasteiger partial charge in [0.2, 0.25) is 0 Å². The predicted molar refractivity (Wildman–Crippen MR) is 331 cm³/mol. The lowest BCUT2D eigenvalue weighted by molar-refractivity contribution is 0.568. The molecule has 0 fully saturated rings. The molecule has 6 heteroatoms. The molecule has 386 valence electrons. The fourth-order valence-electron chi connectivity index (χ4n) is 12.0. The summed E-state index contributed by atoms with van der Waals surface area (Å²) in [4.78, 5) is 11.3. The molecular formula is C71H74BN5. The Balaban J connectivity index is 1.29. The molecule has 0 amide bonds. The molecule has 12 rings (SSSR count). The number of aromatic nitrogens is 3. The van der Waals surface area contributed by atoms with Crippen LogP contribution in [-0.2, 0) is 27.1 Å². The van der Waals surface area contributed by atoms with Gasteiger partial charge in [0.05, 0.1) is 22.3 Å². The van der Waals surface area contributed by atoms with E-state index in [1.54, 1.807) is 0 Å². The number of benzene rings is 8. The maximum Gasteiger partial charge on any atom is 0.277 e. The van der Waals surface area contributed by atoms with E-state index in [4.69, 9.17) is 4.98 Å². The molecule has 0 aliphatic carbocycles. The maximum absolute atomic E-state index is 6.11. The number of hydrogen-bond acceptors (Lipinski definition) is 3. The molecule has 8 aromatic carbocycles. The van der Waals surface area contributed by atoms with E-state index < -0.39 is 0 Å². The van der Waals surface area contributed by atoms with Crippen LogP contribution in [0.1, 0.15) is 132 Å². The monoisotopic (exact) mass is 1010 g/mol. The quantitative estimate of drug-likeness (QED) is 0.161. The molecule has 0 saturated heterocycles. The highest BCUT2D eigenvalue weighted by Gasteiger charge is 2.48. The molecular weight excluding hydrogens is 934 g/mol. The number of imidazole rings is 1. The van der Waals surface area contributed by atoms with Crippen LogP contribution < -0.4 is 26.3 Å². The van der Waals surface area contributed by atoms with Crippen LogP contribution in [-0.4, -0.2) is 20.8 Å². The van der Waals surface area contributed by atoms with Crippen LogP contribution >= 0.6 is 0 Å². The second-order valence-electron chi connectivity index (χ2n) is 27.1. The minimum atomic E-state index is -0.230. The first-order chi connectivity index (χ1) is 36.4.